The van der Waals surface area contributed by atoms with E-state index in [0.29, 0.717) is 11.7 Å². The van der Waals surface area contributed by atoms with Crippen LogP contribution in [-0.2, 0) is 0 Å². The minimum atomic E-state index is -0.239. The third-order valence-electron chi connectivity index (χ3n) is 5.28. The first kappa shape index (κ1) is 18.2. The number of aromatic nitrogens is 2. The van der Waals surface area contributed by atoms with Gasteiger partial charge in [-0.3, -0.25) is 9.69 Å². The number of nitrogens with zero attached hydrogens (tertiary/aromatic N) is 3. The first-order valence-electron chi connectivity index (χ1n) is 9.20. The predicted octanol–water partition coefficient (Wildman–Crippen LogP) is 3.63. The molecule has 0 unspecified atom stereocenters. The van der Waals surface area contributed by atoms with Crippen LogP contribution in [0.4, 0.5) is 0 Å². The zero-order valence-electron chi connectivity index (χ0n) is 15.2. The number of pyridine rings is 1. The van der Waals surface area contributed by atoms with Crippen LogP contribution >= 0.6 is 11.6 Å². The summed E-state index contributed by atoms with van der Waals surface area (Å²) in [6.45, 7) is 3.86. The quantitative estimate of drug-likeness (QED) is 0.552. The second kappa shape index (κ2) is 7.43. The normalized spacial score (nSPS) is 16.1. The van der Waals surface area contributed by atoms with Crippen LogP contribution in [0.15, 0.2) is 42.6 Å². The fourth-order valence-corrected chi connectivity index (χ4v) is 4.02. The van der Waals surface area contributed by atoms with Crippen LogP contribution in [0.2, 0.25) is 5.15 Å². The van der Waals surface area contributed by atoms with Crippen molar-refractivity contribution in [3.05, 3.63) is 59.0 Å². The number of aliphatic hydroxyl groups is 1. The maximum atomic E-state index is 13.2. The van der Waals surface area contributed by atoms with Crippen molar-refractivity contribution < 1.29 is 9.90 Å². The number of piperidine rings is 1. The lowest BCUT2D eigenvalue weighted by Gasteiger charge is -2.28. The summed E-state index contributed by atoms with van der Waals surface area (Å²) in [4.78, 5) is 19.5. The Morgan fingerprint density at radius 1 is 1.22 bits per heavy atom. The molecule has 140 valence electrons. The van der Waals surface area contributed by atoms with Gasteiger partial charge in [-0.15, -0.1) is 0 Å². The largest absolute Gasteiger partial charge is 0.393 e. The van der Waals surface area contributed by atoms with Crippen molar-refractivity contribution in [2.75, 3.05) is 19.6 Å². The number of Topliss-reactive ketones (excluding diaryl/α,β-unsaturated/α-hetero) is 1. The van der Waals surface area contributed by atoms with E-state index in [0.717, 1.165) is 53.8 Å². The van der Waals surface area contributed by atoms with E-state index < -0.39 is 0 Å². The summed E-state index contributed by atoms with van der Waals surface area (Å²) in [6.07, 6.45) is 2.94. The number of aliphatic hydroxyl groups excluding tert-OH is 1. The van der Waals surface area contributed by atoms with E-state index in [1.807, 2.05) is 37.3 Å². The number of para-hydroxylation sites is 1. The molecule has 3 aromatic rings. The van der Waals surface area contributed by atoms with Crippen molar-refractivity contribution in [2.24, 2.45) is 0 Å². The first-order valence-corrected chi connectivity index (χ1v) is 9.58. The molecule has 0 aliphatic carbocycles. The van der Waals surface area contributed by atoms with Gasteiger partial charge in [-0.1, -0.05) is 29.8 Å². The van der Waals surface area contributed by atoms with Crippen molar-refractivity contribution in [3.63, 3.8) is 0 Å². The molecule has 5 nitrogen and oxygen atoms in total. The van der Waals surface area contributed by atoms with Crippen molar-refractivity contribution in [1.82, 2.24) is 14.5 Å². The zero-order chi connectivity index (χ0) is 19.0. The van der Waals surface area contributed by atoms with Gasteiger partial charge in [0.05, 0.1) is 30.0 Å². The third kappa shape index (κ3) is 3.50. The van der Waals surface area contributed by atoms with Crippen molar-refractivity contribution in [1.29, 1.82) is 0 Å². The van der Waals surface area contributed by atoms with Gasteiger partial charge in [0.15, 0.2) is 5.78 Å². The molecule has 27 heavy (non-hydrogen) atoms. The third-order valence-corrected chi connectivity index (χ3v) is 5.51. The maximum absolute atomic E-state index is 13.2. The van der Waals surface area contributed by atoms with Gasteiger partial charge < -0.3 is 9.67 Å². The molecule has 1 aliphatic rings. The summed E-state index contributed by atoms with van der Waals surface area (Å²) in [7, 11) is 0. The summed E-state index contributed by atoms with van der Waals surface area (Å²) in [5, 5.41) is 11.1. The van der Waals surface area contributed by atoms with E-state index in [4.69, 9.17) is 11.6 Å². The second-order valence-corrected chi connectivity index (χ2v) is 7.47. The Balaban J connectivity index is 1.74. The summed E-state index contributed by atoms with van der Waals surface area (Å²) in [5.74, 6) is 0.112. The van der Waals surface area contributed by atoms with Crippen LogP contribution in [0.3, 0.4) is 0 Å². The van der Waals surface area contributed by atoms with Crippen molar-refractivity contribution in [2.45, 2.75) is 25.9 Å². The summed E-state index contributed by atoms with van der Waals surface area (Å²) in [6, 6.07) is 11.6. The number of carbonyl (C=O) groups excluding carboxylic acids is 1. The fourth-order valence-electron chi connectivity index (χ4n) is 3.91. The highest BCUT2D eigenvalue weighted by molar-refractivity contribution is 6.29. The van der Waals surface area contributed by atoms with E-state index in [1.165, 1.54) is 0 Å². The Hall–Kier alpha value is -2.21. The minimum Gasteiger partial charge on any atom is -0.393 e. The van der Waals surface area contributed by atoms with Crippen LogP contribution in [0.25, 0.3) is 16.6 Å². The Bertz CT molecular complexity index is 973. The average molecular weight is 384 g/mol. The second-order valence-electron chi connectivity index (χ2n) is 7.08. The molecule has 1 aromatic carbocycles. The molecule has 1 fully saturated rings. The number of likely N-dealkylation sites (tertiary alicyclic amines) is 1. The predicted molar refractivity (Wildman–Crippen MR) is 107 cm³/mol. The molecule has 2 aromatic heterocycles. The molecular weight excluding hydrogens is 362 g/mol. The highest BCUT2D eigenvalue weighted by atomic mass is 35.5. The molecule has 0 atom stereocenters. The number of fused-ring (bicyclic) bond motifs is 1. The minimum absolute atomic E-state index is 0.112. The van der Waals surface area contributed by atoms with Crippen LogP contribution in [0.5, 0.6) is 0 Å². The van der Waals surface area contributed by atoms with Gasteiger partial charge in [-0.2, -0.15) is 0 Å². The molecule has 4 rings (SSSR count). The van der Waals surface area contributed by atoms with Gasteiger partial charge in [0.1, 0.15) is 5.15 Å². The van der Waals surface area contributed by atoms with E-state index in [1.54, 1.807) is 12.3 Å². The summed E-state index contributed by atoms with van der Waals surface area (Å²) in [5.41, 5.74) is 3.53. The number of hydrogen-bond donors (Lipinski definition) is 1. The van der Waals surface area contributed by atoms with E-state index in [2.05, 4.69) is 14.5 Å². The Labute approximate surface area is 163 Å². The molecular formula is C21H22ClN3O2. The molecule has 1 saturated heterocycles. The smallest absolute Gasteiger partial charge is 0.179 e. The van der Waals surface area contributed by atoms with Crippen LogP contribution in [0.1, 0.15) is 28.9 Å². The number of benzene rings is 1. The molecule has 6 heteroatoms. The van der Waals surface area contributed by atoms with Gasteiger partial charge in [0.2, 0.25) is 0 Å². The molecule has 3 heterocycles. The number of carbonyl (C=O) groups is 1. The van der Waals surface area contributed by atoms with Crippen LogP contribution in [0, 0.1) is 6.92 Å². The van der Waals surface area contributed by atoms with Crippen LogP contribution < -0.4 is 0 Å². The lowest BCUT2D eigenvalue weighted by Crippen LogP contribution is -2.39. The molecule has 1 aliphatic heterocycles. The SMILES string of the molecule is Cc1c(C(=O)CN2CCC(O)CC2)c2ccccc2n1-c1ccc(Cl)nc1. The molecule has 1 N–H and O–H groups in total. The Morgan fingerprint density at radius 3 is 2.67 bits per heavy atom. The van der Waals surface area contributed by atoms with Gasteiger partial charge in [-0.25, -0.2) is 4.98 Å². The molecule has 0 bridgehead atoms. The topological polar surface area (TPSA) is 58.4 Å². The lowest BCUT2D eigenvalue weighted by atomic mass is 10.0. The van der Waals surface area contributed by atoms with E-state index >= 15 is 0 Å². The van der Waals surface area contributed by atoms with Gasteiger partial charge in [0.25, 0.3) is 0 Å². The molecule has 0 spiro atoms. The average Bonchev–Trinajstić information content (AvgIpc) is 2.96. The number of rotatable bonds is 4. The van der Waals surface area contributed by atoms with Gasteiger partial charge >= 0.3 is 0 Å². The van der Waals surface area contributed by atoms with Gasteiger partial charge in [-0.05, 0) is 38.0 Å². The highest BCUT2D eigenvalue weighted by Gasteiger charge is 2.24. The molecule has 0 amide bonds. The standard InChI is InChI=1S/C21H22ClN3O2/c1-14-21(19(27)13-24-10-8-16(26)9-11-24)17-4-2-3-5-18(17)25(14)15-6-7-20(22)23-12-15/h2-7,12,16,26H,8-11,13H2,1H3. The van der Waals surface area contributed by atoms with Crippen molar-refractivity contribution in [3.8, 4) is 5.69 Å². The van der Waals surface area contributed by atoms with Gasteiger partial charge in [0, 0.05) is 29.7 Å². The fraction of sp³-hybridized carbons (Fsp3) is 0.333. The Morgan fingerprint density at radius 2 is 1.96 bits per heavy atom. The zero-order valence-corrected chi connectivity index (χ0v) is 16.0. The number of ketones is 1. The highest BCUT2D eigenvalue weighted by Crippen LogP contribution is 2.30. The number of halogens is 1. The molecule has 0 saturated carbocycles. The van der Waals surface area contributed by atoms with E-state index in [9.17, 15) is 9.90 Å². The summed E-state index contributed by atoms with van der Waals surface area (Å²) < 4.78 is 2.06. The molecule has 0 radical (unpaired) electrons. The van der Waals surface area contributed by atoms with E-state index in [-0.39, 0.29) is 11.9 Å². The monoisotopic (exact) mass is 383 g/mol. The lowest BCUT2D eigenvalue weighted by molar-refractivity contribution is 0.0711. The van der Waals surface area contributed by atoms with Crippen molar-refractivity contribution >= 4 is 28.3 Å². The maximum Gasteiger partial charge on any atom is 0.179 e. The van der Waals surface area contributed by atoms with Crippen LogP contribution in [-0.4, -0.2) is 51.1 Å². The number of hydrogen-bond acceptors (Lipinski definition) is 4. The summed E-state index contributed by atoms with van der Waals surface area (Å²) >= 11 is 5.93. The Kier molecular flexibility index (Phi) is 5.00. The first-order chi connectivity index (χ1) is 13.0.